The first kappa shape index (κ1) is 15.0. The zero-order chi connectivity index (χ0) is 14.2. The Labute approximate surface area is 122 Å². The Morgan fingerprint density at radius 2 is 1.95 bits per heavy atom. The second kappa shape index (κ2) is 8.01. The monoisotopic (exact) mass is 270 g/mol. The molecule has 1 atom stereocenters. The van der Waals surface area contributed by atoms with Crippen molar-refractivity contribution in [2.24, 2.45) is 0 Å². The lowest BCUT2D eigenvalue weighted by molar-refractivity contribution is 0.474. The Balaban J connectivity index is 2.15. The number of fused-ring (bicyclic) bond motifs is 1. The van der Waals surface area contributed by atoms with E-state index in [-0.39, 0.29) is 0 Å². The molecule has 2 aromatic rings. The lowest BCUT2D eigenvalue weighted by atomic mass is 10.0. The summed E-state index contributed by atoms with van der Waals surface area (Å²) in [6.45, 7) is 5.55. The number of hydrogen-bond acceptors (Lipinski definition) is 2. The van der Waals surface area contributed by atoms with Crippen molar-refractivity contribution in [3.63, 3.8) is 0 Å². The SMILES string of the molecule is CCCCCC(NCCC)c1cnc2ccccc2c1. The lowest BCUT2D eigenvalue weighted by Crippen LogP contribution is -2.22. The van der Waals surface area contributed by atoms with E-state index in [4.69, 9.17) is 0 Å². The second-order valence-corrected chi connectivity index (χ2v) is 5.46. The molecule has 0 bridgehead atoms. The van der Waals surface area contributed by atoms with Gasteiger partial charge < -0.3 is 5.32 Å². The summed E-state index contributed by atoms with van der Waals surface area (Å²) >= 11 is 0. The summed E-state index contributed by atoms with van der Waals surface area (Å²) in [5, 5.41) is 4.91. The average molecular weight is 270 g/mol. The molecule has 108 valence electrons. The Kier molecular flexibility index (Phi) is 6.00. The van der Waals surface area contributed by atoms with Gasteiger partial charge in [0.25, 0.3) is 0 Å². The maximum Gasteiger partial charge on any atom is 0.0702 e. The van der Waals surface area contributed by atoms with E-state index in [1.54, 1.807) is 0 Å². The Morgan fingerprint density at radius 3 is 2.75 bits per heavy atom. The fourth-order valence-corrected chi connectivity index (χ4v) is 2.58. The highest BCUT2D eigenvalue weighted by atomic mass is 14.9. The molecule has 1 aromatic carbocycles. The number of nitrogens with zero attached hydrogens (tertiary/aromatic N) is 1. The van der Waals surface area contributed by atoms with Crippen LogP contribution in [0, 0.1) is 0 Å². The minimum atomic E-state index is 0.443. The van der Waals surface area contributed by atoms with Crippen LogP contribution >= 0.6 is 0 Å². The molecule has 0 saturated carbocycles. The highest BCUT2D eigenvalue weighted by Gasteiger charge is 2.11. The minimum Gasteiger partial charge on any atom is -0.310 e. The first-order valence-electron chi connectivity index (χ1n) is 7.93. The van der Waals surface area contributed by atoms with Crippen LogP contribution in [0.25, 0.3) is 10.9 Å². The van der Waals surface area contributed by atoms with Gasteiger partial charge in [0, 0.05) is 17.6 Å². The third kappa shape index (κ3) is 4.04. The van der Waals surface area contributed by atoms with E-state index in [0.29, 0.717) is 6.04 Å². The first-order chi connectivity index (χ1) is 9.85. The van der Waals surface area contributed by atoms with Crippen LogP contribution in [0.4, 0.5) is 0 Å². The van der Waals surface area contributed by atoms with E-state index in [9.17, 15) is 0 Å². The normalized spacial score (nSPS) is 12.7. The van der Waals surface area contributed by atoms with Gasteiger partial charge in [-0.1, -0.05) is 51.3 Å². The Hall–Kier alpha value is -1.41. The molecule has 0 radical (unpaired) electrons. The molecule has 0 saturated heterocycles. The van der Waals surface area contributed by atoms with E-state index in [0.717, 1.165) is 12.1 Å². The number of aromatic nitrogens is 1. The molecule has 0 aliphatic rings. The summed E-state index contributed by atoms with van der Waals surface area (Å²) in [5.74, 6) is 0. The summed E-state index contributed by atoms with van der Waals surface area (Å²) in [4.78, 5) is 4.60. The number of rotatable bonds is 8. The van der Waals surface area contributed by atoms with Crippen LogP contribution in [-0.2, 0) is 0 Å². The van der Waals surface area contributed by atoms with E-state index < -0.39 is 0 Å². The zero-order valence-corrected chi connectivity index (χ0v) is 12.7. The molecule has 1 aromatic heterocycles. The highest BCUT2D eigenvalue weighted by molar-refractivity contribution is 5.78. The van der Waals surface area contributed by atoms with Crippen LogP contribution in [0.3, 0.4) is 0 Å². The minimum absolute atomic E-state index is 0.443. The van der Waals surface area contributed by atoms with Crippen molar-refractivity contribution in [1.29, 1.82) is 0 Å². The molecule has 0 amide bonds. The maximum absolute atomic E-state index is 4.60. The molecule has 0 aliphatic carbocycles. The van der Waals surface area contributed by atoms with E-state index in [1.807, 2.05) is 12.3 Å². The average Bonchev–Trinajstić information content (AvgIpc) is 2.50. The smallest absolute Gasteiger partial charge is 0.0702 e. The van der Waals surface area contributed by atoms with Gasteiger partial charge in [-0.2, -0.15) is 0 Å². The lowest BCUT2D eigenvalue weighted by Gasteiger charge is -2.19. The van der Waals surface area contributed by atoms with Gasteiger partial charge in [-0.05, 0) is 37.1 Å². The number of unbranched alkanes of at least 4 members (excludes halogenated alkanes) is 2. The molecule has 2 rings (SSSR count). The number of para-hydroxylation sites is 1. The molecule has 0 aliphatic heterocycles. The van der Waals surface area contributed by atoms with Crippen LogP contribution in [0.15, 0.2) is 36.5 Å². The molecule has 2 heteroatoms. The molecule has 0 fully saturated rings. The predicted molar refractivity (Wildman–Crippen MR) is 86.9 cm³/mol. The summed E-state index contributed by atoms with van der Waals surface area (Å²) in [5.41, 5.74) is 2.41. The van der Waals surface area contributed by atoms with E-state index >= 15 is 0 Å². The summed E-state index contributed by atoms with van der Waals surface area (Å²) in [7, 11) is 0. The molecule has 1 unspecified atom stereocenters. The van der Waals surface area contributed by atoms with Crippen LogP contribution in [0.5, 0.6) is 0 Å². The molecule has 20 heavy (non-hydrogen) atoms. The Bertz CT molecular complexity index is 522. The summed E-state index contributed by atoms with van der Waals surface area (Å²) in [6.07, 6.45) is 8.28. The van der Waals surface area contributed by atoms with Gasteiger partial charge in [0.05, 0.1) is 5.52 Å². The Morgan fingerprint density at radius 1 is 1.10 bits per heavy atom. The van der Waals surface area contributed by atoms with Crippen molar-refractivity contribution < 1.29 is 0 Å². The van der Waals surface area contributed by atoms with Gasteiger partial charge in [-0.3, -0.25) is 4.98 Å². The van der Waals surface area contributed by atoms with E-state index in [1.165, 1.54) is 43.1 Å². The zero-order valence-electron chi connectivity index (χ0n) is 12.7. The number of nitrogens with one attached hydrogen (secondary N) is 1. The summed E-state index contributed by atoms with van der Waals surface area (Å²) < 4.78 is 0. The van der Waals surface area contributed by atoms with E-state index in [2.05, 4.69) is 48.4 Å². The molecule has 1 N–H and O–H groups in total. The van der Waals surface area contributed by atoms with Crippen molar-refractivity contribution in [3.8, 4) is 0 Å². The molecule has 0 spiro atoms. The molecular weight excluding hydrogens is 244 g/mol. The van der Waals surface area contributed by atoms with Crippen molar-refractivity contribution in [2.75, 3.05) is 6.54 Å². The van der Waals surface area contributed by atoms with Gasteiger partial charge in [0.2, 0.25) is 0 Å². The highest BCUT2D eigenvalue weighted by Crippen LogP contribution is 2.22. The van der Waals surface area contributed by atoms with Crippen LogP contribution in [0.1, 0.15) is 57.6 Å². The third-order valence-electron chi connectivity index (χ3n) is 3.75. The van der Waals surface area contributed by atoms with Gasteiger partial charge in [0.1, 0.15) is 0 Å². The fourth-order valence-electron chi connectivity index (χ4n) is 2.58. The van der Waals surface area contributed by atoms with Crippen molar-refractivity contribution >= 4 is 10.9 Å². The molecule has 1 heterocycles. The number of benzene rings is 1. The maximum atomic E-state index is 4.60. The van der Waals surface area contributed by atoms with Crippen molar-refractivity contribution in [3.05, 3.63) is 42.1 Å². The molecule has 2 nitrogen and oxygen atoms in total. The summed E-state index contributed by atoms with van der Waals surface area (Å²) in [6, 6.07) is 11.1. The standard InChI is InChI=1S/C18H26N2/c1-3-5-6-10-18(19-12-4-2)16-13-15-9-7-8-11-17(15)20-14-16/h7-9,11,13-14,18-19H,3-6,10,12H2,1-2H3. The first-order valence-corrected chi connectivity index (χ1v) is 7.93. The quantitative estimate of drug-likeness (QED) is 0.693. The van der Waals surface area contributed by atoms with Gasteiger partial charge in [-0.15, -0.1) is 0 Å². The van der Waals surface area contributed by atoms with Gasteiger partial charge in [-0.25, -0.2) is 0 Å². The van der Waals surface area contributed by atoms with Gasteiger partial charge >= 0.3 is 0 Å². The second-order valence-electron chi connectivity index (χ2n) is 5.46. The predicted octanol–water partition coefficient (Wildman–Crippen LogP) is 4.86. The van der Waals surface area contributed by atoms with Crippen LogP contribution in [0.2, 0.25) is 0 Å². The van der Waals surface area contributed by atoms with Crippen LogP contribution < -0.4 is 5.32 Å². The van der Waals surface area contributed by atoms with Gasteiger partial charge in [0.15, 0.2) is 0 Å². The van der Waals surface area contributed by atoms with Crippen molar-refractivity contribution in [2.45, 2.75) is 52.0 Å². The van der Waals surface area contributed by atoms with Crippen LogP contribution in [-0.4, -0.2) is 11.5 Å². The largest absolute Gasteiger partial charge is 0.310 e. The number of hydrogen-bond donors (Lipinski definition) is 1. The van der Waals surface area contributed by atoms with Crippen molar-refractivity contribution in [1.82, 2.24) is 10.3 Å². The fraction of sp³-hybridized carbons (Fsp3) is 0.500. The molecular formula is C18H26N2. The number of pyridine rings is 1. The third-order valence-corrected chi connectivity index (χ3v) is 3.75. The topological polar surface area (TPSA) is 24.9 Å².